The largest absolute Gasteiger partial charge is 0.347 e. The van der Waals surface area contributed by atoms with E-state index in [1.807, 2.05) is 6.07 Å². The van der Waals surface area contributed by atoms with Gasteiger partial charge >= 0.3 is 0 Å². The van der Waals surface area contributed by atoms with Crippen LogP contribution < -0.4 is 5.32 Å². The minimum absolute atomic E-state index is 0.0191. The molecule has 3 nitrogen and oxygen atoms in total. The van der Waals surface area contributed by atoms with Crippen LogP contribution in [0.25, 0.3) is 0 Å². The van der Waals surface area contributed by atoms with Crippen molar-refractivity contribution in [2.75, 3.05) is 5.88 Å². The first-order valence-electron chi connectivity index (χ1n) is 5.66. The Kier molecular flexibility index (Phi) is 4.24. The summed E-state index contributed by atoms with van der Waals surface area (Å²) >= 11 is 11.3. The van der Waals surface area contributed by atoms with Gasteiger partial charge in [-0.1, -0.05) is 24.4 Å². The van der Waals surface area contributed by atoms with Crippen LogP contribution in [0.2, 0.25) is 5.02 Å². The third-order valence-electron chi connectivity index (χ3n) is 2.83. The van der Waals surface area contributed by atoms with Crippen molar-refractivity contribution in [1.82, 2.24) is 10.3 Å². The molecule has 2 rings (SSSR count). The molecule has 5 heteroatoms. The SMILES string of the molecule is O=C(CCl)NC(CC1CC1)c1ccc(Cl)cn1. The Morgan fingerprint density at radius 1 is 1.53 bits per heavy atom. The predicted molar refractivity (Wildman–Crippen MR) is 68.2 cm³/mol. The highest BCUT2D eigenvalue weighted by atomic mass is 35.5. The number of rotatable bonds is 5. The van der Waals surface area contributed by atoms with Crippen molar-refractivity contribution >= 4 is 29.1 Å². The molecule has 0 aromatic carbocycles. The van der Waals surface area contributed by atoms with Crippen LogP contribution in [0.15, 0.2) is 18.3 Å². The van der Waals surface area contributed by atoms with Gasteiger partial charge in [0.2, 0.25) is 5.91 Å². The second-order valence-corrected chi connectivity index (χ2v) is 5.04. The second kappa shape index (κ2) is 5.69. The molecule has 92 valence electrons. The van der Waals surface area contributed by atoms with Gasteiger partial charge in [-0.05, 0) is 24.5 Å². The van der Waals surface area contributed by atoms with E-state index in [9.17, 15) is 4.79 Å². The van der Waals surface area contributed by atoms with Gasteiger partial charge in [0.1, 0.15) is 5.88 Å². The van der Waals surface area contributed by atoms with E-state index in [1.165, 1.54) is 12.8 Å². The van der Waals surface area contributed by atoms with Crippen LogP contribution in [0.4, 0.5) is 0 Å². The number of nitrogens with zero attached hydrogens (tertiary/aromatic N) is 1. The van der Waals surface area contributed by atoms with Crippen molar-refractivity contribution in [3.63, 3.8) is 0 Å². The van der Waals surface area contributed by atoms with Crippen LogP contribution in [0.3, 0.4) is 0 Å². The molecule has 1 saturated carbocycles. The fraction of sp³-hybridized carbons (Fsp3) is 0.500. The average Bonchev–Trinajstić information content (AvgIpc) is 3.13. The van der Waals surface area contributed by atoms with Crippen molar-refractivity contribution in [2.45, 2.75) is 25.3 Å². The summed E-state index contributed by atoms with van der Waals surface area (Å²) in [4.78, 5) is 15.6. The number of pyridine rings is 1. The zero-order valence-corrected chi connectivity index (χ0v) is 10.8. The lowest BCUT2D eigenvalue weighted by Crippen LogP contribution is -2.30. The van der Waals surface area contributed by atoms with Crippen LogP contribution in [0.5, 0.6) is 0 Å². The summed E-state index contributed by atoms with van der Waals surface area (Å²) in [6.07, 6.45) is 5.00. The van der Waals surface area contributed by atoms with Gasteiger partial charge in [0, 0.05) is 6.20 Å². The summed E-state index contributed by atoms with van der Waals surface area (Å²) < 4.78 is 0. The molecule has 1 N–H and O–H groups in total. The number of carbonyl (C=O) groups excluding carboxylic acids is 1. The number of alkyl halides is 1. The first kappa shape index (κ1) is 12.7. The maximum absolute atomic E-state index is 11.4. The molecule has 1 unspecified atom stereocenters. The van der Waals surface area contributed by atoms with Gasteiger partial charge in [-0.3, -0.25) is 9.78 Å². The Hall–Kier alpha value is -0.800. The van der Waals surface area contributed by atoms with Crippen LogP contribution in [-0.2, 0) is 4.79 Å². The molecule has 0 spiro atoms. The van der Waals surface area contributed by atoms with E-state index in [4.69, 9.17) is 23.2 Å². The highest BCUT2D eigenvalue weighted by Crippen LogP contribution is 2.37. The van der Waals surface area contributed by atoms with E-state index in [0.717, 1.165) is 12.1 Å². The fourth-order valence-electron chi connectivity index (χ4n) is 1.77. The van der Waals surface area contributed by atoms with E-state index in [-0.39, 0.29) is 17.8 Å². The summed E-state index contributed by atoms with van der Waals surface area (Å²) in [6, 6.07) is 3.59. The van der Waals surface area contributed by atoms with Crippen LogP contribution in [0, 0.1) is 5.92 Å². The zero-order chi connectivity index (χ0) is 12.3. The molecule has 17 heavy (non-hydrogen) atoms. The molecule has 1 aliphatic rings. The minimum Gasteiger partial charge on any atom is -0.347 e. The number of halogens is 2. The number of hydrogen-bond donors (Lipinski definition) is 1. The van der Waals surface area contributed by atoms with E-state index < -0.39 is 0 Å². The normalized spacial score (nSPS) is 16.6. The van der Waals surface area contributed by atoms with E-state index in [0.29, 0.717) is 10.9 Å². The molecule has 0 radical (unpaired) electrons. The zero-order valence-electron chi connectivity index (χ0n) is 9.33. The first-order valence-corrected chi connectivity index (χ1v) is 6.57. The van der Waals surface area contributed by atoms with Crippen LogP contribution >= 0.6 is 23.2 Å². The van der Waals surface area contributed by atoms with Gasteiger partial charge in [-0.15, -0.1) is 11.6 Å². The molecule has 0 saturated heterocycles. The number of amides is 1. The molecule has 1 aromatic heterocycles. The highest BCUT2D eigenvalue weighted by Gasteiger charge is 2.27. The van der Waals surface area contributed by atoms with Crippen LogP contribution in [0.1, 0.15) is 31.0 Å². The third-order valence-corrected chi connectivity index (χ3v) is 3.30. The molecule has 0 aliphatic heterocycles. The lowest BCUT2D eigenvalue weighted by atomic mass is 10.1. The van der Waals surface area contributed by atoms with E-state index in [1.54, 1.807) is 12.3 Å². The van der Waals surface area contributed by atoms with Crippen molar-refractivity contribution in [1.29, 1.82) is 0 Å². The van der Waals surface area contributed by atoms with E-state index >= 15 is 0 Å². The molecule has 1 fully saturated rings. The monoisotopic (exact) mass is 272 g/mol. The van der Waals surface area contributed by atoms with Gasteiger partial charge in [-0.2, -0.15) is 0 Å². The molecule has 1 aliphatic carbocycles. The number of nitrogens with one attached hydrogen (secondary N) is 1. The summed E-state index contributed by atoms with van der Waals surface area (Å²) in [6.45, 7) is 0. The standard InChI is InChI=1S/C12H14Cl2N2O/c13-6-12(17)16-11(5-8-1-2-8)10-4-3-9(14)7-15-10/h3-4,7-8,11H,1-2,5-6H2,(H,16,17). The smallest absolute Gasteiger partial charge is 0.235 e. The van der Waals surface area contributed by atoms with Crippen molar-refractivity contribution in [2.24, 2.45) is 5.92 Å². The van der Waals surface area contributed by atoms with Gasteiger partial charge in [0.25, 0.3) is 0 Å². The Labute approximate surface area is 111 Å². The van der Waals surface area contributed by atoms with Crippen molar-refractivity contribution < 1.29 is 4.79 Å². The maximum atomic E-state index is 11.4. The quantitative estimate of drug-likeness (QED) is 0.838. The summed E-state index contributed by atoms with van der Waals surface area (Å²) in [5, 5.41) is 3.50. The Balaban J connectivity index is 2.07. The molecule has 1 amide bonds. The molecule has 1 atom stereocenters. The maximum Gasteiger partial charge on any atom is 0.235 e. The molecule has 1 heterocycles. The molecule has 1 aromatic rings. The molecule has 0 bridgehead atoms. The van der Waals surface area contributed by atoms with E-state index in [2.05, 4.69) is 10.3 Å². The summed E-state index contributed by atoms with van der Waals surface area (Å²) in [5.74, 6) is 0.525. The number of hydrogen-bond acceptors (Lipinski definition) is 2. The summed E-state index contributed by atoms with van der Waals surface area (Å²) in [5.41, 5.74) is 0.847. The van der Waals surface area contributed by atoms with Crippen molar-refractivity contribution in [3.8, 4) is 0 Å². The Morgan fingerprint density at radius 2 is 2.29 bits per heavy atom. The minimum atomic E-state index is -0.158. The second-order valence-electron chi connectivity index (χ2n) is 4.33. The summed E-state index contributed by atoms with van der Waals surface area (Å²) in [7, 11) is 0. The first-order chi connectivity index (χ1) is 8.19. The highest BCUT2D eigenvalue weighted by molar-refractivity contribution is 6.30. The lowest BCUT2D eigenvalue weighted by Gasteiger charge is -2.17. The van der Waals surface area contributed by atoms with Crippen molar-refractivity contribution in [3.05, 3.63) is 29.0 Å². The number of carbonyl (C=O) groups is 1. The van der Waals surface area contributed by atoms with Gasteiger partial charge < -0.3 is 5.32 Å². The Bertz CT molecular complexity index is 390. The number of aromatic nitrogens is 1. The average molecular weight is 273 g/mol. The van der Waals surface area contributed by atoms with Gasteiger partial charge in [0.05, 0.1) is 16.8 Å². The predicted octanol–water partition coefficient (Wildman–Crippen LogP) is 2.93. The van der Waals surface area contributed by atoms with Gasteiger partial charge in [0.15, 0.2) is 0 Å². The van der Waals surface area contributed by atoms with Gasteiger partial charge in [-0.25, -0.2) is 0 Å². The molecular formula is C12H14Cl2N2O. The lowest BCUT2D eigenvalue weighted by molar-refractivity contribution is -0.119. The Morgan fingerprint density at radius 3 is 2.82 bits per heavy atom. The fourth-order valence-corrected chi connectivity index (χ4v) is 1.96. The topological polar surface area (TPSA) is 42.0 Å². The molecular weight excluding hydrogens is 259 g/mol. The van der Waals surface area contributed by atoms with Crippen LogP contribution in [-0.4, -0.2) is 16.8 Å². The third kappa shape index (κ3) is 3.86.